The molecule has 10 fully saturated rings. The SMILES string of the molecule is C[C@@H]1O[C@@H](O[C@H]2[C@H](O)[C@@H](O)[C@H](OC[C@H]3O[C@@H](OC(=O)[C@]45CCC(C)(C)C[C@H]4C4=CC[C@@H]6[C@@]7(C)CC[C@H](O[C@@H]8OC[C@H](O)[C@H](O[C@@H]9O[C@H](CO)[C@@H](O)[C@H](O[C@@H]%10O[C@H](CO)[C@@H](O)[C@H](O)[C@H]%10O)[C@H]9O)[C@H]8O)C(C)(C)[C@@H]7CC[C@@]6(C)[C@]4(C)CC5)[C@H](O)[C@@H](O)[C@@H]3O)O[C@@H]2CO)[C@H](O)[C@H](O)[C@H]1O. The Bertz CT molecular complexity index is 2690. The molecule has 552 valence electrons. The maximum absolute atomic E-state index is 15.3. The second-order valence-corrected chi connectivity index (χ2v) is 31.5. The molecular formula is C65H106O31. The van der Waals surface area contributed by atoms with Gasteiger partial charge in [-0.25, -0.2) is 0 Å². The number of ether oxygens (including phenoxy) is 12. The first kappa shape index (κ1) is 75.2. The maximum Gasteiger partial charge on any atom is 0.315 e. The fourth-order valence-electron chi connectivity index (χ4n) is 19.1. The van der Waals surface area contributed by atoms with Crippen LogP contribution in [-0.4, -0.2) is 315 Å². The number of allylic oxidation sites excluding steroid dienone is 2. The van der Waals surface area contributed by atoms with E-state index in [0.717, 1.165) is 19.3 Å². The fourth-order valence-corrected chi connectivity index (χ4v) is 19.1. The molecule has 6 aliphatic heterocycles. The second-order valence-electron chi connectivity index (χ2n) is 31.5. The highest BCUT2D eigenvalue weighted by Gasteiger charge is 2.71. The van der Waals surface area contributed by atoms with Gasteiger partial charge in [-0.1, -0.05) is 60.1 Å². The largest absolute Gasteiger partial charge is 0.432 e. The van der Waals surface area contributed by atoms with Crippen molar-refractivity contribution in [3.63, 3.8) is 0 Å². The van der Waals surface area contributed by atoms with E-state index < -0.39 is 233 Å². The van der Waals surface area contributed by atoms with E-state index in [2.05, 4.69) is 54.5 Å². The topological polar surface area (TPSA) is 492 Å². The summed E-state index contributed by atoms with van der Waals surface area (Å²) in [6.45, 7) is 13.7. The lowest BCUT2D eigenvalue weighted by atomic mass is 9.33. The number of esters is 1. The number of rotatable bonds is 16. The summed E-state index contributed by atoms with van der Waals surface area (Å²) in [5.74, 6) is -0.660. The Kier molecular flexibility index (Phi) is 22.1. The van der Waals surface area contributed by atoms with Crippen LogP contribution in [0.3, 0.4) is 0 Å². The lowest BCUT2D eigenvalue weighted by Crippen LogP contribution is -2.67. The lowest BCUT2D eigenvalue weighted by molar-refractivity contribution is -0.379. The molecule has 37 atom stereocenters. The van der Waals surface area contributed by atoms with E-state index in [1.54, 1.807) is 0 Å². The lowest BCUT2D eigenvalue weighted by Gasteiger charge is -2.71. The van der Waals surface area contributed by atoms with Crippen LogP contribution in [0.1, 0.15) is 120 Å². The predicted molar refractivity (Wildman–Crippen MR) is 321 cm³/mol. The van der Waals surface area contributed by atoms with Gasteiger partial charge in [0.15, 0.2) is 31.5 Å². The van der Waals surface area contributed by atoms with Crippen LogP contribution in [0.15, 0.2) is 11.6 Å². The van der Waals surface area contributed by atoms with Crippen LogP contribution in [0.25, 0.3) is 0 Å². The Labute approximate surface area is 556 Å². The molecule has 0 aromatic heterocycles. The summed E-state index contributed by atoms with van der Waals surface area (Å²) in [6, 6.07) is 0. The molecule has 6 heterocycles. The molecule has 31 heteroatoms. The van der Waals surface area contributed by atoms with Crippen LogP contribution in [0.4, 0.5) is 0 Å². The van der Waals surface area contributed by atoms with Gasteiger partial charge < -0.3 is 149 Å². The highest BCUT2D eigenvalue weighted by Crippen LogP contribution is 2.76. The van der Waals surface area contributed by atoms with Crippen molar-refractivity contribution in [3.05, 3.63) is 11.6 Å². The van der Waals surface area contributed by atoms with Crippen molar-refractivity contribution in [3.8, 4) is 0 Å². The fraction of sp³-hybridized carbons (Fsp3) is 0.954. The van der Waals surface area contributed by atoms with Crippen molar-refractivity contribution in [2.24, 2.45) is 50.2 Å². The number of carbonyl (C=O) groups is 1. The predicted octanol–water partition coefficient (Wildman–Crippen LogP) is -4.72. The molecule has 96 heavy (non-hydrogen) atoms. The first-order chi connectivity index (χ1) is 45.0. The average molecular weight is 1380 g/mol. The summed E-state index contributed by atoms with van der Waals surface area (Å²) in [5.41, 5.74) is -1.51. The van der Waals surface area contributed by atoms with Crippen molar-refractivity contribution < 1.29 is 154 Å². The number of hydrogen-bond acceptors (Lipinski definition) is 31. The Morgan fingerprint density at radius 1 is 0.490 bits per heavy atom. The van der Waals surface area contributed by atoms with Gasteiger partial charge in [0.25, 0.3) is 0 Å². The van der Waals surface area contributed by atoms with Gasteiger partial charge in [-0.2, -0.15) is 0 Å². The van der Waals surface area contributed by atoms with E-state index in [9.17, 15) is 91.9 Å². The van der Waals surface area contributed by atoms with Crippen LogP contribution >= 0.6 is 0 Å². The molecule has 31 nitrogen and oxygen atoms in total. The van der Waals surface area contributed by atoms with Gasteiger partial charge >= 0.3 is 5.97 Å². The number of carbonyl (C=O) groups excluding carboxylic acids is 1. The molecule has 4 saturated carbocycles. The second kappa shape index (κ2) is 28.3. The first-order valence-corrected chi connectivity index (χ1v) is 34.1. The number of hydrogen-bond donors (Lipinski definition) is 18. The molecule has 0 aromatic carbocycles. The zero-order valence-corrected chi connectivity index (χ0v) is 55.6. The van der Waals surface area contributed by atoms with Crippen LogP contribution < -0.4 is 0 Å². The third-order valence-electron chi connectivity index (χ3n) is 25.2. The average Bonchev–Trinajstić information content (AvgIpc) is 0.676. The van der Waals surface area contributed by atoms with Crippen molar-refractivity contribution in [2.75, 3.05) is 33.0 Å². The highest BCUT2D eigenvalue weighted by molar-refractivity contribution is 5.79. The number of aliphatic hydroxyl groups excluding tert-OH is 18. The van der Waals surface area contributed by atoms with Gasteiger partial charge in [-0.05, 0) is 116 Å². The van der Waals surface area contributed by atoms with Gasteiger partial charge in [0.05, 0.1) is 50.7 Å². The summed E-state index contributed by atoms with van der Waals surface area (Å²) in [4.78, 5) is 15.3. The van der Waals surface area contributed by atoms with E-state index in [1.165, 1.54) is 12.5 Å². The van der Waals surface area contributed by atoms with Gasteiger partial charge in [0.1, 0.15) is 134 Å². The molecule has 6 saturated heterocycles. The molecule has 0 spiro atoms. The van der Waals surface area contributed by atoms with Gasteiger partial charge in [-0.15, -0.1) is 0 Å². The van der Waals surface area contributed by atoms with Gasteiger partial charge in [-0.3, -0.25) is 4.79 Å². The Morgan fingerprint density at radius 2 is 1.02 bits per heavy atom. The molecule has 0 aromatic rings. The Morgan fingerprint density at radius 3 is 1.68 bits per heavy atom. The summed E-state index contributed by atoms with van der Waals surface area (Å²) in [5, 5.41) is 195. The highest BCUT2D eigenvalue weighted by atomic mass is 16.8. The minimum atomic E-state index is -1.93. The third kappa shape index (κ3) is 12.9. The van der Waals surface area contributed by atoms with E-state index in [0.29, 0.717) is 44.9 Å². The van der Waals surface area contributed by atoms with Crippen LogP contribution in [0.2, 0.25) is 0 Å². The summed E-state index contributed by atoms with van der Waals surface area (Å²) in [6.07, 6.45) is -40.1. The van der Waals surface area contributed by atoms with Crippen molar-refractivity contribution in [1.29, 1.82) is 0 Å². The smallest absolute Gasteiger partial charge is 0.315 e. The van der Waals surface area contributed by atoms with Gasteiger partial charge in [0, 0.05) is 0 Å². The van der Waals surface area contributed by atoms with E-state index >= 15 is 4.79 Å². The molecular weight excluding hydrogens is 1280 g/mol. The standard InChI is InChI=1S/C65H106O31/c1-25-36(70)40(74)44(78)55(87-25)94-51-31(22-68)90-53(47(81)43(51)77)86-24-32-38(72)42(76)46(80)57(91-32)96-59(84)65-17-15-60(2,3)19-27(65)26-9-10-34-62(6)13-12-35(61(4,5)33(62)11-14-64(34,8)63(26,7)16-18-65)92-54-48(82)50(28(69)23-85-54)93-58-49(83)52(39(73)30(21-67)89-58)95-56-45(79)41(75)37(71)29(20-66)88-56/h9,25,27-58,66-83H,10-24H2,1-8H3/t25-,27-,28-,29+,30+,31+,32+,33-,34+,35-,36-,37+,38+,39+,40+,41-,42-,43+,44+,45+,46+,47+,48+,49+,50-,51+,52-,53+,54-,55-,56-,57-,58-,62-,63+,64+,65-/m0/s1. The van der Waals surface area contributed by atoms with Crippen molar-refractivity contribution in [1.82, 2.24) is 0 Å². The number of fused-ring (bicyclic) bond motifs is 7. The summed E-state index contributed by atoms with van der Waals surface area (Å²) < 4.78 is 70.7. The monoisotopic (exact) mass is 1380 g/mol. The Hall–Kier alpha value is -1.95. The quantitative estimate of drug-likeness (QED) is 0.0392. The molecule has 11 rings (SSSR count). The minimum absolute atomic E-state index is 0.0924. The Balaban J connectivity index is 0.748. The van der Waals surface area contributed by atoms with Crippen molar-refractivity contribution >= 4 is 5.97 Å². The zero-order valence-electron chi connectivity index (χ0n) is 55.6. The van der Waals surface area contributed by atoms with Gasteiger partial charge in [0.2, 0.25) is 6.29 Å². The van der Waals surface area contributed by atoms with E-state index in [1.807, 2.05) is 0 Å². The van der Waals surface area contributed by atoms with Crippen LogP contribution in [-0.2, 0) is 61.6 Å². The zero-order chi connectivity index (χ0) is 70.0. The molecule has 0 radical (unpaired) electrons. The molecule has 0 bridgehead atoms. The van der Waals surface area contributed by atoms with Crippen LogP contribution in [0, 0.1) is 50.2 Å². The summed E-state index contributed by atoms with van der Waals surface area (Å²) >= 11 is 0. The van der Waals surface area contributed by atoms with E-state index in [-0.39, 0.29) is 40.6 Å². The molecule has 0 unspecified atom stereocenters. The third-order valence-corrected chi connectivity index (χ3v) is 25.2. The summed E-state index contributed by atoms with van der Waals surface area (Å²) in [7, 11) is 0. The number of aliphatic hydroxyl groups is 18. The van der Waals surface area contributed by atoms with E-state index in [4.69, 9.17) is 56.8 Å². The molecule has 5 aliphatic carbocycles. The molecule has 18 N–H and O–H groups in total. The minimum Gasteiger partial charge on any atom is -0.432 e. The molecule has 0 amide bonds. The molecule has 11 aliphatic rings. The first-order valence-electron chi connectivity index (χ1n) is 34.1. The van der Waals surface area contributed by atoms with Crippen molar-refractivity contribution in [2.45, 2.75) is 304 Å². The normalized spacial score (nSPS) is 54.1. The maximum atomic E-state index is 15.3. The van der Waals surface area contributed by atoms with Crippen LogP contribution in [0.5, 0.6) is 0 Å².